The molecule has 2 rings (SSSR count). The van der Waals surface area contributed by atoms with Gasteiger partial charge in [-0.2, -0.15) is 10.4 Å². The Hall–Kier alpha value is -2.55. The van der Waals surface area contributed by atoms with Crippen LogP contribution < -0.4 is 0 Å². The number of nitrogens with zero attached hydrogens (tertiary/aromatic N) is 3. The van der Waals surface area contributed by atoms with Crippen LogP contribution in [0.2, 0.25) is 10.2 Å². The molecule has 7 heteroatoms. The molecular weight excluding hydrogens is 361 g/mol. The number of hydrogen-bond acceptors (Lipinski definition) is 4. The number of rotatable bonds is 6. The van der Waals surface area contributed by atoms with E-state index in [4.69, 9.17) is 27.9 Å². The first kappa shape index (κ1) is 18.8. The zero-order chi connectivity index (χ0) is 18.4. The van der Waals surface area contributed by atoms with Gasteiger partial charge >= 0.3 is 5.97 Å². The lowest BCUT2D eigenvalue weighted by atomic mass is 10.1. The molecule has 0 aliphatic heterocycles. The van der Waals surface area contributed by atoms with E-state index in [9.17, 15) is 10.1 Å². The molecule has 5 nitrogen and oxygen atoms in total. The van der Waals surface area contributed by atoms with Gasteiger partial charge in [-0.15, -0.1) is 0 Å². The normalized spacial score (nSPS) is 11.0. The van der Waals surface area contributed by atoms with Crippen LogP contribution in [0.4, 0.5) is 0 Å². The molecule has 1 aromatic carbocycles. The van der Waals surface area contributed by atoms with Crippen molar-refractivity contribution in [1.29, 1.82) is 5.26 Å². The number of carbonyl (C=O) groups excluding carboxylic acids is 1. The minimum atomic E-state index is -0.739. The fourth-order valence-corrected chi connectivity index (χ4v) is 2.60. The van der Waals surface area contributed by atoms with E-state index in [2.05, 4.69) is 11.7 Å². The van der Waals surface area contributed by atoms with Crippen molar-refractivity contribution in [3.63, 3.8) is 0 Å². The Bertz CT molecular complexity index is 879. The predicted octanol–water partition coefficient (Wildman–Crippen LogP) is 4.18. The molecular formula is C18H15Cl2N3O2. The second kappa shape index (κ2) is 8.52. The number of benzene rings is 1. The molecule has 0 N–H and O–H groups in total. The van der Waals surface area contributed by atoms with Crippen LogP contribution in [0.3, 0.4) is 0 Å². The first-order valence-corrected chi connectivity index (χ1v) is 8.09. The molecule has 0 atom stereocenters. The Morgan fingerprint density at radius 2 is 2.16 bits per heavy atom. The molecule has 0 saturated heterocycles. The van der Waals surface area contributed by atoms with Gasteiger partial charge in [-0.25, -0.2) is 9.48 Å². The van der Waals surface area contributed by atoms with Gasteiger partial charge in [0, 0.05) is 10.6 Å². The van der Waals surface area contributed by atoms with Gasteiger partial charge in [0.25, 0.3) is 0 Å². The van der Waals surface area contributed by atoms with Crippen LogP contribution in [0.15, 0.2) is 42.5 Å². The van der Waals surface area contributed by atoms with E-state index in [0.717, 1.165) is 5.56 Å². The largest absolute Gasteiger partial charge is 0.457 e. The molecule has 25 heavy (non-hydrogen) atoms. The van der Waals surface area contributed by atoms with Gasteiger partial charge in [-0.05, 0) is 24.6 Å². The second-order valence-electron chi connectivity index (χ2n) is 5.10. The average Bonchev–Trinajstić information content (AvgIpc) is 2.86. The molecule has 0 amide bonds. The number of nitriles is 1. The van der Waals surface area contributed by atoms with Gasteiger partial charge in [-0.3, -0.25) is 0 Å². The number of aryl methyl sites for hydroxylation is 1. The van der Waals surface area contributed by atoms with Crippen molar-refractivity contribution in [2.75, 3.05) is 6.61 Å². The molecule has 0 unspecified atom stereocenters. The summed E-state index contributed by atoms with van der Waals surface area (Å²) in [5, 5.41) is 14.5. The Labute approximate surface area is 155 Å². The lowest BCUT2D eigenvalue weighted by molar-refractivity contribution is -0.137. The summed E-state index contributed by atoms with van der Waals surface area (Å²) in [5.41, 5.74) is 1.77. The molecule has 0 bridgehead atoms. The van der Waals surface area contributed by atoms with Gasteiger partial charge in [0.2, 0.25) is 0 Å². The molecule has 0 aliphatic rings. The summed E-state index contributed by atoms with van der Waals surface area (Å²) < 4.78 is 6.44. The van der Waals surface area contributed by atoms with Crippen LogP contribution in [0.25, 0.3) is 6.08 Å². The highest BCUT2D eigenvalue weighted by atomic mass is 35.5. The lowest BCUT2D eigenvalue weighted by Gasteiger charge is -2.05. The van der Waals surface area contributed by atoms with Crippen molar-refractivity contribution in [1.82, 2.24) is 9.78 Å². The Morgan fingerprint density at radius 3 is 2.80 bits per heavy atom. The van der Waals surface area contributed by atoms with E-state index < -0.39 is 5.97 Å². The van der Waals surface area contributed by atoms with Crippen LogP contribution in [-0.2, 0) is 16.1 Å². The minimum absolute atomic E-state index is 0.0241. The highest BCUT2D eigenvalue weighted by Gasteiger charge is 2.17. The van der Waals surface area contributed by atoms with Crippen molar-refractivity contribution in [3.05, 3.63) is 69.5 Å². The first-order chi connectivity index (χ1) is 12.0. The number of esters is 1. The van der Waals surface area contributed by atoms with Crippen molar-refractivity contribution >= 4 is 35.2 Å². The van der Waals surface area contributed by atoms with Crippen LogP contribution in [-0.4, -0.2) is 22.4 Å². The summed E-state index contributed by atoms with van der Waals surface area (Å²) >= 11 is 12.5. The van der Waals surface area contributed by atoms with Crippen LogP contribution in [0.5, 0.6) is 0 Å². The third-order valence-electron chi connectivity index (χ3n) is 3.35. The van der Waals surface area contributed by atoms with Crippen molar-refractivity contribution in [2.45, 2.75) is 13.5 Å². The highest BCUT2D eigenvalue weighted by Crippen LogP contribution is 2.25. The van der Waals surface area contributed by atoms with Crippen molar-refractivity contribution in [2.24, 2.45) is 0 Å². The van der Waals surface area contributed by atoms with E-state index in [0.29, 0.717) is 28.0 Å². The van der Waals surface area contributed by atoms with Gasteiger partial charge in [0.15, 0.2) is 0 Å². The summed E-state index contributed by atoms with van der Waals surface area (Å²) in [4.78, 5) is 11.9. The van der Waals surface area contributed by atoms with E-state index >= 15 is 0 Å². The van der Waals surface area contributed by atoms with E-state index in [1.165, 1.54) is 12.2 Å². The quantitative estimate of drug-likeness (QED) is 0.328. The molecule has 1 heterocycles. The fourth-order valence-electron chi connectivity index (χ4n) is 2.12. The Balaban J connectivity index is 2.34. The molecule has 128 valence electrons. The standard InChI is InChI=1S/C18H15Cl2N3O2/c1-3-8-25-18(24)14(10-21)9-15-12(2)22-23(17(15)20)11-13-6-4-5-7-16(13)19/h3-7,9H,1,8,11H2,2H3/b14-9+. The summed E-state index contributed by atoms with van der Waals surface area (Å²) in [5.74, 6) is -0.739. The van der Waals surface area contributed by atoms with E-state index in [1.54, 1.807) is 17.7 Å². The maximum absolute atomic E-state index is 11.9. The number of halogens is 2. The Morgan fingerprint density at radius 1 is 1.44 bits per heavy atom. The van der Waals surface area contributed by atoms with Gasteiger partial charge < -0.3 is 4.74 Å². The SMILES string of the molecule is C=CCOC(=O)/C(C#N)=C/c1c(C)nn(Cc2ccccc2Cl)c1Cl. The maximum atomic E-state index is 11.9. The first-order valence-electron chi connectivity index (χ1n) is 7.34. The topological polar surface area (TPSA) is 67.9 Å². The van der Waals surface area contributed by atoms with Crippen LogP contribution in [0, 0.1) is 18.3 Å². The number of carbonyl (C=O) groups is 1. The third-order valence-corrected chi connectivity index (χ3v) is 4.12. The van der Waals surface area contributed by atoms with E-state index in [-0.39, 0.29) is 12.2 Å². The van der Waals surface area contributed by atoms with Crippen LogP contribution >= 0.6 is 23.2 Å². The summed E-state index contributed by atoms with van der Waals surface area (Å²) in [6, 6.07) is 9.18. The number of hydrogen-bond donors (Lipinski definition) is 0. The summed E-state index contributed by atoms with van der Waals surface area (Å²) in [6.45, 7) is 5.59. The molecule has 1 aromatic heterocycles. The molecule has 0 spiro atoms. The van der Waals surface area contributed by atoms with Crippen molar-refractivity contribution < 1.29 is 9.53 Å². The molecule has 0 saturated carbocycles. The zero-order valence-corrected chi connectivity index (χ0v) is 15.0. The van der Waals surface area contributed by atoms with Crippen molar-refractivity contribution in [3.8, 4) is 6.07 Å². The molecule has 2 aromatic rings. The summed E-state index contributed by atoms with van der Waals surface area (Å²) in [6.07, 6.45) is 2.80. The number of ether oxygens (including phenoxy) is 1. The fraction of sp³-hybridized carbons (Fsp3) is 0.167. The monoisotopic (exact) mass is 375 g/mol. The van der Waals surface area contributed by atoms with Gasteiger partial charge in [0.1, 0.15) is 23.4 Å². The maximum Gasteiger partial charge on any atom is 0.349 e. The molecule has 0 aliphatic carbocycles. The minimum Gasteiger partial charge on any atom is -0.457 e. The highest BCUT2D eigenvalue weighted by molar-refractivity contribution is 6.32. The zero-order valence-electron chi connectivity index (χ0n) is 13.5. The number of aromatic nitrogens is 2. The predicted molar refractivity (Wildman–Crippen MR) is 97.3 cm³/mol. The third kappa shape index (κ3) is 4.50. The van der Waals surface area contributed by atoms with Gasteiger partial charge in [0.05, 0.1) is 12.2 Å². The second-order valence-corrected chi connectivity index (χ2v) is 5.86. The van der Waals surface area contributed by atoms with Gasteiger partial charge in [-0.1, -0.05) is 54.1 Å². The Kier molecular flexibility index (Phi) is 6.40. The lowest BCUT2D eigenvalue weighted by Crippen LogP contribution is -2.06. The molecule has 0 fully saturated rings. The van der Waals surface area contributed by atoms with Crippen LogP contribution in [0.1, 0.15) is 16.8 Å². The van der Waals surface area contributed by atoms with E-state index in [1.807, 2.05) is 24.3 Å². The average molecular weight is 376 g/mol. The molecule has 0 radical (unpaired) electrons. The smallest absolute Gasteiger partial charge is 0.349 e. The summed E-state index contributed by atoms with van der Waals surface area (Å²) in [7, 11) is 0.